The zero-order chi connectivity index (χ0) is 23.4. The maximum atomic E-state index is 12.6. The number of sulfonamides is 1. The fourth-order valence-electron chi connectivity index (χ4n) is 3.57. The topological polar surface area (TPSA) is 108 Å². The highest BCUT2D eigenvalue weighted by atomic mass is 32.2. The molecule has 0 spiro atoms. The second-order valence-electron chi connectivity index (χ2n) is 7.46. The van der Waals surface area contributed by atoms with Crippen LogP contribution in [0.2, 0.25) is 0 Å². The van der Waals surface area contributed by atoms with Gasteiger partial charge in [0.05, 0.1) is 24.7 Å². The lowest BCUT2D eigenvalue weighted by Crippen LogP contribution is -2.27. The highest BCUT2D eigenvalue weighted by Gasteiger charge is 2.27. The van der Waals surface area contributed by atoms with E-state index in [9.17, 15) is 13.2 Å². The lowest BCUT2D eigenvalue weighted by Gasteiger charge is -2.15. The molecule has 1 saturated heterocycles. The first-order chi connectivity index (χ1) is 15.9. The van der Waals surface area contributed by atoms with Gasteiger partial charge in [-0.15, -0.1) is 0 Å². The number of esters is 1. The van der Waals surface area contributed by atoms with Crippen LogP contribution in [-0.2, 0) is 21.4 Å². The fraction of sp³-hybridized carbons (Fsp3) is 0.304. The first-order valence-electron chi connectivity index (χ1n) is 10.4. The third kappa shape index (κ3) is 4.86. The molecule has 0 N–H and O–H groups in total. The van der Waals surface area contributed by atoms with Gasteiger partial charge in [0.1, 0.15) is 12.3 Å². The van der Waals surface area contributed by atoms with E-state index in [4.69, 9.17) is 18.7 Å². The summed E-state index contributed by atoms with van der Waals surface area (Å²) in [6.07, 6.45) is 1.72. The SMILES string of the molecule is COc1ccc(-c2cc(COC(=O)c3ccc(S(=O)(=O)N4CCCC4)cc3)no2)cc1OC. The van der Waals surface area contributed by atoms with Crippen molar-refractivity contribution < 1.29 is 31.9 Å². The fourth-order valence-corrected chi connectivity index (χ4v) is 5.09. The van der Waals surface area contributed by atoms with Gasteiger partial charge in [0, 0.05) is 24.7 Å². The average Bonchev–Trinajstić information content (AvgIpc) is 3.55. The summed E-state index contributed by atoms with van der Waals surface area (Å²) in [6.45, 7) is 0.952. The summed E-state index contributed by atoms with van der Waals surface area (Å²) in [7, 11) is -0.431. The van der Waals surface area contributed by atoms with Crippen LogP contribution in [0.25, 0.3) is 11.3 Å². The minimum absolute atomic E-state index is 0.0938. The van der Waals surface area contributed by atoms with Gasteiger partial charge < -0.3 is 18.7 Å². The van der Waals surface area contributed by atoms with E-state index >= 15 is 0 Å². The van der Waals surface area contributed by atoms with Gasteiger partial charge in [-0.25, -0.2) is 13.2 Å². The third-order valence-electron chi connectivity index (χ3n) is 5.37. The standard InChI is InChI=1S/C23H24N2O7S/c1-29-20-10-7-17(13-22(20)30-2)21-14-18(24-32-21)15-31-23(26)16-5-8-19(9-6-16)33(27,28)25-11-3-4-12-25/h5-10,13-14H,3-4,11-12,15H2,1-2H3. The Morgan fingerprint density at radius 1 is 1.00 bits per heavy atom. The van der Waals surface area contributed by atoms with E-state index in [-0.39, 0.29) is 17.1 Å². The van der Waals surface area contributed by atoms with Crippen molar-refractivity contribution in [2.45, 2.75) is 24.3 Å². The van der Waals surface area contributed by atoms with Crippen LogP contribution in [0.4, 0.5) is 0 Å². The average molecular weight is 473 g/mol. The summed E-state index contributed by atoms with van der Waals surface area (Å²) in [5.41, 5.74) is 1.41. The molecule has 9 nitrogen and oxygen atoms in total. The number of hydrogen-bond acceptors (Lipinski definition) is 8. The molecule has 0 amide bonds. The Bertz CT molecular complexity index is 1230. The predicted molar refractivity (Wildman–Crippen MR) is 119 cm³/mol. The van der Waals surface area contributed by atoms with E-state index in [1.165, 1.54) is 28.6 Å². The van der Waals surface area contributed by atoms with Gasteiger partial charge in [0.25, 0.3) is 0 Å². The number of rotatable bonds is 8. The van der Waals surface area contributed by atoms with Crippen LogP contribution >= 0.6 is 0 Å². The van der Waals surface area contributed by atoms with Crippen LogP contribution in [0.3, 0.4) is 0 Å². The molecule has 1 aliphatic rings. The number of hydrogen-bond donors (Lipinski definition) is 0. The van der Waals surface area contributed by atoms with Gasteiger partial charge in [-0.3, -0.25) is 0 Å². The van der Waals surface area contributed by atoms with E-state index in [1.54, 1.807) is 38.5 Å². The van der Waals surface area contributed by atoms with E-state index in [0.29, 0.717) is 36.0 Å². The van der Waals surface area contributed by atoms with Crippen molar-refractivity contribution in [3.63, 3.8) is 0 Å². The van der Waals surface area contributed by atoms with E-state index in [0.717, 1.165) is 18.4 Å². The monoisotopic (exact) mass is 472 g/mol. The zero-order valence-electron chi connectivity index (χ0n) is 18.3. The van der Waals surface area contributed by atoms with Crippen LogP contribution in [0, 0.1) is 0 Å². The lowest BCUT2D eigenvalue weighted by atomic mass is 10.1. The van der Waals surface area contributed by atoms with Crippen molar-refractivity contribution in [3.8, 4) is 22.8 Å². The summed E-state index contributed by atoms with van der Waals surface area (Å²) < 4.78 is 47.8. The van der Waals surface area contributed by atoms with Crippen molar-refractivity contribution in [3.05, 3.63) is 59.8 Å². The molecule has 1 fully saturated rings. The molecule has 3 aromatic rings. The number of carbonyl (C=O) groups excluding carboxylic acids is 1. The minimum atomic E-state index is -3.53. The van der Waals surface area contributed by atoms with Crippen molar-refractivity contribution in [1.82, 2.24) is 9.46 Å². The Balaban J connectivity index is 1.39. The Morgan fingerprint density at radius 3 is 2.36 bits per heavy atom. The third-order valence-corrected chi connectivity index (χ3v) is 7.28. The van der Waals surface area contributed by atoms with Gasteiger partial charge in [-0.2, -0.15) is 4.31 Å². The van der Waals surface area contributed by atoms with E-state index in [2.05, 4.69) is 5.16 Å². The molecule has 174 valence electrons. The highest BCUT2D eigenvalue weighted by Crippen LogP contribution is 2.32. The molecule has 1 aromatic heterocycles. The molecule has 0 aliphatic carbocycles. The summed E-state index contributed by atoms with van der Waals surface area (Å²) >= 11 is 0. The van der Waals surface area contributed by atoms with Gasteiger partial charge in [-0.05, 0) is 55.3 Å². The number of benzene rings is 2. The number of nitrogens with zero attached hydrogens (tertiary/aromatic N) is 2. The summed E-state index contributed by atoms with van der Waals surface area (Å²) in [6, 6.07) is 12.7. The molecule has 1 aliphatic heterocycles. The smallest absolute Gasteiger partial charge is 0.338 e. The van der Waals surface area contributed by atoms with Gasteiger partial charge in [0.15, 0.2) is 17.3 Å². The van der Waals surface area contributed by atoms with Gasteiger partial charge in [-0.1, -0.05) is 5.16 Å². The maximum Gasteiger partial charge on any atom is 0.338 e. The molecule has 4 rings (SSSR count). The molecule has 0 atom stereocenters. The molecule has 0 saturated carbocycles. The largest absolute Gasteiger partial charge is 0.493 e. The van der Waals surface area contributed by atoms with E-state index < -0.39 is 16.0 Å². The first kappa shape index (κ1) is 22.8. The minimum Gasteiger partial charge on any atom is -0.493 e. The van der Waals surface area contributed by atoms with Crippen molar-refractivity contribution in [2.24, 2.45) is 0 Å². The molecular formula is C23H24N2O7S. The van der Waals surface area contributed by atoms with Crippen LogP contribution in [-0.4, -0.2) is 51.2 Å². The number of aromatic nitrogens is 1. The molecule has 2 aromatic carbocycles. The number of ether oxygens (including phenoxy) is 3. The Morgan fingerprint density at radius 2 is 1.70 bits per heavy atom. The Hall–Kier alpha value is -3.37. The summed E-state index contributed by atoms with van der Waals surface area (Å²) in [5.74, 6) is 1.04. The van der Waals surface area contributed by atoms with Gasteiger partial charge in [0.2, 0.25) is 10.0 Å². The quantitative estimate of drug-likeness (QED) is 0.459. The molecule has 2 heterocycles. The Kier molecular flexibility index (Phi) is 6.66. The van der Waals surface area contributed by atoms with Gasteiger partial charge >= 0.3 is 5.97 Å². The summed E-state index contributed by atoms with van der Waals surface area (Å²) in [5, 5.41) is 3.94. The second-order valence-corrected chi connectivity index (χ2v) is 9.40. The molecule has 33 heavy (non-hydrogen) atoms. The van der Waals surface area contributed by atoms with Crippen molar-refractivity contribution >= 4 is 16.0 Å². The molecule has 0 bridgehead atoms. The van der Waals surface area contributed by atoms with Crippen LogP contribution in [0.1, 0.15) is 28.9 Å². The maximum absolute atomic E-state index is 12.6. The molecule has 0 unspecified atom stereocenters. The second kappa shape index (κ2) is 9.63. The molecule has 0 radical (unpaired) electrons. The highest BCUT2D eigenvalue weighted by molar-refractivity contribution is 7.89. The predicted octanol–water partition coefficient (Wildman–Crippen LogP) is 3.50. The Labute approximate surface area is 191 Å². The molecular weight excluding hydrogens is 448 g/mol. The van der Waals surface area contributed by atoms with Crippen LogP contribution < -0.4 is 9.47 Å². The molecule has 10 heteroatoms. The number of carbonyl (C=O) groups is 1. The normalized spacial score (nSPS) is 14.2. The van der Waals surface area contributed by atoms with E-state index in [1.807, 2.05) is 0 Å². The van der Waals surface area contributed by atoms with Crippen LogP contribution in [0.15, 0.2) is 57.9 Å². The first-order valence-corrected chi connectivity index (χ1v) is 11.8. The lowest BCUT2D eigenvalue weighted by molar-refractivity contribution is 0.0464. The van der Waals surface area contributed by atoms with Crippen LogP contribution in [0.5, 0.6) is 11.5 Å². The number of methoxy groups -OCH3 is 2. The van der Waals surface area contributed by atoms with Crippen molar-refractivity contribution in [1.29, 1.82) is 0 Å². The van der Waals surface area contributed by atoms with Crippen molar-refractivity contribution in [2.75, 3.05) is 27.3 Å². The summed E-state index contributed by atoms with van der Waals surface area (Å²) in [4.78, 5) is 12.6. The zero-order valence-corrected chi connectivity index (χ0v) is 19.1.